The topological polar surface area (TPSA) is 113 Å². The van der Waals surface area contributed by atoms with Gasteiger partial charge >= 0.3 is 0 Å². The zero-order valence-corrected chi connectivity index (χ0v) is 23.3. The van der Waals surface area contributed by atoms with Gasteiger partial charge < -0.3 is 18.9 Å². The van der Waals surface area contributed by atoms with Crippen molar-refractivity contribution in [1.82, 2.24) is 5.01 Å². The van der Waals surface area contributed by atoms with Crippen LogP contribution in [0.1, 0.15) is 46.8 Å². The van der Waals surface area contributed by atoms with E-state index in [1.807, 2.05) is 36.4 Å². The lowest BCUT2D eigenvalue weighted by atomic mass is 9.77. The summed E-state index contributed by atoms with van der Waals surface area (Å²) in [4.78, 5) is 24.6. The van der Waals surface area contributed by atoms with Crippen molar-refractivity contribution in [1.29, 1.82) is 0 Å². The highest BCUT2D eigenvalue weighted by atomic mass is 16.6. The molecule has 3 aromatic rings. The van der Waals surface area contributed by atoms with Gasteiger partial charge in [-0.2, -0.15) is 5.10 Å². The van der Waals surface area contributed by atoms with Gasteiger partial charge in [0.1, 0.15) is 0 Å². The van der Waals surface area contributed by atoms with Crippen LogP contribution in [0.4, 0.5) is 5.69 Å². The normalized spacial score (nSPS) is 18.9. The van der Waals surface area contributed by atoms with Crippen LogP contribution in [0.25, 0.3) is 6.08 Å². The minimum atomic E-state index is -0.490. The Bertz CT molecular complexity index is 1530. The van der Waals surface area contributed by atoms with Crippen molar-refractivity contribution in [3.8, 4) is 23.0 Å². The Labute approximate surface area is 237 Å². The molecule has 1 heterocycles. The number of fused-ring (bicyclic) bond motifs is 1. The van der Waals surface area contributed by atoms with E-state index in [2.05, 4.69) is 6.08 Å². The number of non-ortho nitro benzene ring substituents is 1. The highest BCUT2D eigenvalue weighted by molar-refractivity contribution is 6.09. The average molecular weight is 558 g/mol. The van der Waals surface area contributed by atoms with Crippen molar-refractivity contribution in [3.63, 3.8) is 0 Å². The standard InChI is InChI=1S/C31H31N3O7/c1-38-25-14-8-19(17-27(25)40-3)16-21-6-5-7-24-29(21)32-33(31(35)20-9-12-23(13-10-20)34(36)37)30(24)22-11-15-26(39-2)28(18-22)41-4/h8-18,24,30H,5-7H2,1-4H3/b21-16+/t24-,30+/m0/s1. The fourth-order valence-corrected chi connectivity index (χ4v) is 5.54. The molecular formula is C31H31N3O7. The summed E-state index contributed by atoms with van der Waals surface area (Å²) in [5.41, 5.74) is 3.91. The molecule has 0 N–H and O–H groups in total. The Morgan fingerprint density at radius 2 is 1.54 bits per heavy atom. The van der Waals surface area contributed by atoms with Crippen molar-refractivity contribution >= 4 is 23.4 Å². The molecule has 3 aromatic carbocycles. The lowest BCUT2D eigenvalue weighted by molar-refractivity contribution is -0.384. The molecule has 1 amide bonds. The molecule has 10 heteroatoms. The van der Waals surface area contributed by atoms with Gasteiger partial charge in [0.05, 0.1) is 45.1 Å². The summed E-state index contributed by atoms with van der Waals surface area (Å²) in [7, 11) is 6.34. The van der Waals surface area contributed by atoms with E-state index < -0.39 is 11.0 Å². The van der Waals surface area contributed by atoms with Crippen molar-refractivity contribution in [2.45, 2.75) is 25.3 Å². The zero-order chi connectivity index (χ0) is 29.1. The summed E-state index contributed by atoms with van der Waals surface area (Å²) in [6.45, 7) is 0. The summed E-state index contributed by atoms with van der Waals surface area (Å²) in [5, 5.41) is 17.6. The van der Waals surface area contributed by atoms with Crippen LogP contribution >= 0.6 is 0 Å². The maximum Gasteiger partial charge on any atom is 0.274 e. The Morgan fingerprint density at radius 1 is 0.902 bits per heavy atom. The van der Waals surface area contributed by atoms with Gasteiger partial charge in [-0.25, -0.2) is 5.01 Å². The molecule has 2 aliphatic rings. The van der Waals surface area contributed by atoms with Crippen molar-refractivity contribution in [3.05, 3.63) is 93.0 Å². The van der Waals surface area contributed by atoms with Crippen molar-refractivity contribution < 1.29 is 28.7 Å². The number of nitro benzene ring substituents is 1. The molecule has 10 nitrogen and oxygen atoms in total. The number of methoxy groups -OCH3 is 4. The molecule has 0 bridgehead atoms. The van der Waals surface area contributed by atoms with Crippen LogP contribution in [-0.2, 0) is 0 Å². The number of allylic oxidation sites excluding steroid dienone is 1. The number of hydrogen-bond donors (Lipinski definition) is 0. The van der Waals surface area contributed by atoms with Gasteiger partial charge in [0.2, 0.25) is 0 Å². The van der Waals surface area contributed by atoms with Crippen molar-refractivity contribution in [2.75, 3.05) is 28.4 Å². The number of ether oxygens (including phenoxy) is 4. The molecule has 0 radical (unpaired) electrons. The molecule has 5 rings (SSSR count). The van der Waals surface area contributed by atoms with Crippen LogP contribution in [0.5, 0.6) is 23.0 Å². The molecule has 1 saturated carbocycles. The Hall–Kier alpha value is -4.86. The number of carbonyl (C=O) groups is 1. The van der Waals surface area contributed by atoms with E-state index in [1.165, 1.54) is 29.3 Å². The minimum absolute atomic E-state index is 0.0600. The summed E-state index contributed by atoms with van der Waals surface area (Å²) >= 11 is 0. The predicted molar refractivity (Wildman–Crippen MR) is 154 cm³/mol. The number of carbonyl (C=O) groups excluding carboxylic acids is 1. The monoisotopic (exact) mass is 557 g/mol. The first-order valence-electron chi connectivity index (χ1n) is 13.2. The number of benzene rings is 3. The van der Waals surface area contributed by atoms with E-state index in [1.54, 1.807) is 28.4 Å². The lowest BCUT2D eigenvalue weighted by Gasteiger charge is -2.30. The Morgan fingerprint density at radius 3 is 2.17 bits per heavy atom. The fraction of sp³-hybridized carbons (Fsp3) is 0.290. The summed E-state index contributed by atoms with van der Waals surface area (Å²) < 4.78 is 21.9. The SMILES string of the molecule is COc1ccc(/C=C2\CCC[C@H]3C2=NN(C(=O)c2ccc([N+](=O)[O-])cc2)[C@@H]3c2ccc(OC)c(OC)c2)cc1OC. The van der Waals surface area contributed by atoms with Crippen LogP contribution in [-0.4, -0.2) is 50.0 Å². The Kier molecular flexibility index (Phi) is 7.91. The molecule has 0 saturated heterocycles. The van der Waals surface area contributed by atoms with Crippen LogP contribution in [0.3, 0.4) is 0 Å². The highest BCUT2D eigenvalue weighted by Gasteiger charge is 2.44. The van der Waals surface area contributed by atoms with Crippen molar-refractivity contribution in [2.24, 2.45) is 11.0 Å². The van der Waals surface area contributed by atoms with E-state index in [0.717, 1.165) is 41.7 Å². The van der Waals surface area contributed by atoms with Crippen LogP contribution in [0, 0.1) is 16.0 Å². The molecule has 212 valence electrons. The van der Waals surface area contributed by atoms with E-state index in [9.17, 15) is 14.9 Å². The molecule has 0 spiro atoms. The molecule has 0 unspecified atom stereocenters. The van der Waals surface area contributed by atoms with E-state index in [4.69, 9.17) is 24.0 Å². The third-order valence-electron chi connectivity index (χ3n) is 7.53. The van der Waals surface area contributed by atoms with Crippen LogP contribution in [0.15, 0.2) is 71.3 Å². The second-order valence-electron chi connectivity index (χ2n) is 9.78. The molecule has 41 heavy (non-hydrogen) atoms. The second-order valence-corrected chi connectivity index (χ2v) is 9.78. The fourth-order valence-electron chi connectivity index (χ4n) is 5.54. The average Bonchev–Trinajstić information content (AvgIpc) is 3.40. The molecule has 1 aliphatic heterocycles. The molecule has 0 aromatic heterocycles. The molecular weight excluding hydrogens is 526 g/mol. The van der Waals surface area contributed by atoms with Crippen LogP contribution in [0.2, 0.25) is 0 Å². The van der Waals surface area contributed by atoms with Gasteiger partial charge in [0.25, 0.3) is 11.6 Å². The van der Waals surface area contributed by atoms with E-state index >= 15 is 0 Å². The second kappa shape index (κ2) is 11.7. The smallest absolute Gasteiger partial charge is 0.274 e. The maximum absolute atomic E-state index is 13.9. The summed E-state index contributed by atoms with van der Waals surface area (Å²) in [6.07, 6.45) is 4.65. The number of rotatable bonds is 8. The predicted octanol–water partition coefficient (Wildman–Crippen LogP) is 6.07. The van der Waals surface area contributed by atoms with Gasteiger partial charge in [0.15, 0.2) is 23.0 Å². The van der Waals surface area contributed by atoms with Gasteiger partial charge in [-0.3, -0.25) is 14.9 Å². The van der Waals surface area contributed by atoms with Gasteiger partial charge in [-0.1, -0.05) is 12.1 Å². The first-order chi connectivity index (χ1) is 19.9. The third kappa shape index (κ3) is 5.32. The lowest BCUT2D eigenvalue weighted by Crippen LogP contribution is -2.32. The van der Waals surface area contributed by atoms with E-state index in [-0.39, 0.29) is 17.5 Å². The summed E-state index contributed by atoms with van der Waals surface area (Å²) in [6, 6.07) is 16.6. The number of hydrogen-bond acceptors (Lipinski definition) is 8. The quantitative estimate of drug-likeness (QED) is 0.244. The maximum atomic E-state index is 13.9. The first-order valence-corrected chi connectivity index (χ1v) is 13.2. The van der Waals surface area contributed by atoms with Gasteiger partial charge in [0, 0.05) is 23.6 Å². The minimum Gasteiger partial charge on any atom is -0.493 e. The number of hydrazone groups is 1. The summed E-state index contributed by atoms with van der Waals surface area (Å²) in [5.74, 6) is 2.00. The molecule has 1 aliphatic carbocycles. The Balaban J connectivity index is 1.58. The van der Waals surface area contributed by atoms with Crippen LogP contribution < -0.4 is 18.9 Å². The zero-order valence-electron chi connectivity index (χ0n) is 23.3. The van der Waals surface area contributed by atoms with Gasteiger partial charge in [-0.05, 0) is 78.4 Å². The number of nitrogens with zero attached hydrogens (tertiary/aromatic N) is 3. The molecule has 2 atom stereocenters. The largest absolute Gasteiger partial charge is 0.493 e. The van der Waals surface area contributed by atoms with E-state index in [0.29, 0.717) is 28.6 Å². The highest BCUT2D eigenvalue weighted by Crippen LogP contribution is 2.46. The number of amides is 1. The number of nitro groups is 1. The third-order valence-corrected chi connectivity index (χ3v) is 7.53. The molecule has 1 fully saturated rings. The first kappa shape index (κ1) is 27.7. The van der Waals surface area contributed by atoms with Gasteiger partial charge in [-0.15, -0.1) is 0 Å².